The molecule has 6 heteroatoms. The summed E-state index contributed by atoms with van der Waals surface area (Å²) >= 11 is 0. The molecule has 3 atom stereocenters. The van der Waals surface area contributed by atoms with E-state index in [1.807, 2.05) is 24.3 Å². The highest BCUT2D eigenvalue weighted by atomic mass is 19.1. The number of hydrogen-bond donors (Lipinski definition) is 1. The van der Waals surface area contributed by atoms with Crippen molar-refractivity contribution in [1.82, 2.24) is 9.80 Å². The second-order valence-corrected chi connectivity index (χ2v) is 8.59. The fraction of sp³-hybridized carbons (Fsp3) is 0.417. The van der Waals surface area contributed by atoms with Crippen LogP contribution < -0.4 is 0 Å². The Kier molecular flexibility index (Phi) is 4.82. The number of fused-ring (bicyclic) bond motifs is 1. The molecule has 2 heterocycles. The minimum Gasteiger partial charge on any atom is -0.394 e. The van der Waals surface area contributed by atoms with E-state index in [-0.39, 0.29) is 54.7 Å². The summed E-state index contributed by atoms with van der Waals surface area (Å²) in [7, 11) is 0. The van der Waals surface area contributed by atoms with Gasteiger partial charge < -0.3 is 14.9 Å². The van der Waals surface area contributed by atoms with Crippen LogP contribution in [0, 0.1) is 11.7 Å². The third kappa shape index (κ3) is 3.01. The molecular weight excluding hydrogens is 383 g/mol. The molecule has 0 bridgehead atoms. The standard InChI is InChI=1S/C24H25FN2O3/c25-19-7-2-1-6-18(19)15-8-10-16(11-9-15)23-20-12-26(24(30)17-4-3-5-17)13-22(29)27(20)21(23)14-28/h1-2,6-11,17,20-21,23,28H,3-5,12-14H2/t20-,21-,23-/m1/s1. The summed E-state index contributed by atoms with van der Waals surface area (Å²) in [6.07, 6.45) is 2.91. The molecule has 0 aromatic heterocycles. The van der Waals surface area contributed by atoms with Crippen LogP contribution in [0.2, 0.25) is 0 Å². The molecule has 0 unspecified atom stereocenters. The van der Waals surface area contributed by atoms with Crippen LogP contribution in [0.5, 0.6) is 0 Å². The molecule has 2 amide bonds. The number of amides is 2. The Balaban J connectivity index is 1.38. The first-order chi connectivity index (χ1) is 14.6. The van der Waals surface area contributed by atoms with Gasteiger partial charge in [0.15, 0.2) is 0 Å². The largest absolute Gasteiger partial charge is 0.394 e. The highest BCUT2D eigenvalue weighted by Gasteiger charge is 2.54. The molecule has 0 radical (unpaired) electrons. The topological polar surface area (TPSA) is 60.9 Å². The van der Waals surface area contributed by atoms with Gasteiger partial charge >= 0.3 is 0 Å². The Morgan fingerprint density at radius 2 is 1.83 bits per heavy atom. The fourth-order valence-corrected chi connectivity index (χ4v) is 5.16. The first kappa shape index (κ1) is 19.2. The van der Waals surface area contributed by atoms with Crippen molar-refractivity contribution in [1.29, 1.82) is 0 Å². The lowest BCUT2D eigenvalue weighted by Gasteiger charge is -2.59. The van der Waals surface area contributed by atoms with E-state index in [0.29, 0.717) is 12.1 Å². The van der Waals surface area contributed by atoms with Gasteiger partial charge in [-0.3, -0.25) is 9.59 Å². The predicted octanol–water partition coefficient (Wildman–Crippen LogP) is 2.79. The van der Waals surface area contributed by atoms with E-state index in [2.05, 4.69) is 0 Å². The highest BCUT2D eigenvalue weighted by Crippen LogP contribution is 2.44. The van der Waals surface area contributed by atoms with Gasteiger partial charge in [0.1, 0.15) is 5.82 Å². The number of nitrogens with zero attached hydrogens (tertiary/aromatic N) is 2. The van der Waals surface area contributed by atoms with E-state index in [1.165, 1.54) is 6.07 Å². The average Bonchev–Trinajstić information content (AvgIpc) is 2.69. The van der Waals surface area contributed by atoms with Crippen molar-refractivity contribution < 1.29 is 19.1 Å². The molecule has 156 valence electrons. The van der Waals surface area contributed by atoms with Crippen molar-refractivity contribution >= 4 is 11.8 Å². The Morgan fingerprint density at radius 3 is 2.47 bits per heavy atom. The molecule has 5 nitrogen and oxygen atoms in total. The summed E-state index contributed by atoms with van der Waals surface area (Å²) in [6, 6.07) is 13.9. The maximum Gasteiger partial charge on any atom is 0.242 e. The van der Waals surface area contributed by atoms with Crippen LogP contribution in [0.4, 0.5) is 4.39 Å². The molecule has 3 fully saturated rings. The molecule has 30 heavy (non-hydrogen) atoms. The number of aliphatic hydroxyl groups excluding tert-OH is 1. The second-order valence-electron chi connectivity index (χ2n) is 8.59. The third-order valence-corrected chi connectivity index (χ3v) is 7.00. The van der Waals surface area contributed by atoms with E-state index < -0.39 is 0 Å². The normalized spacial score (nSPS) is 26.1. The van der Waals surface area contributed by atoms with Crippen LogP contribution >= 0.6 is 0 Å². The predicted molar refractivity (Wildman–Crippen MR) is 110 cm³/mol. The monoisotopic (exact) mass is 408 g/mol. The van der Waals surface area contributed by atoms with Gasteiger partial charge in [-0.05, 0) is 30.0 Å². The van der Waals surface area contributed by atoms with E-state index in [4.69, 9.17) is 0 Å². The van der Waals surface area contributed by atoms with Crippen LogP contribution in [0.25, 0.3) is 11.1 Å². The van der Waals surface area contributed by atoms with E-state index >= 15 is 0 Å². The smallest absolute Gasteiger partial charge is 0.242 e. The van der Waals surface area contributed by atoms with Gasteiger partial charge in [-0.15, -0.1) is 0 Å². The SMILES string of the molecule is O=C(C1CCC1)N1CC(=O)N2[C@H](CO)[C@H](c3ccc(-c4ccccc4F)cc3)[C@H]2C1. The van der Waals surface area contributed by atoms with Crippen LogP contribution in [0.15, 0.2) is 48.5 Å². The molecule has 3 aliphatic rings. The van der Waals surface area contributed by atoms with Gasteiger partial charge in [-0.2, -0.15) is 0 Å². The van der Waals surface area contributed by atoms with Crippen molar-refractivity contribution in [2.75, 3.05) is 19.7 Å². The maximum absolute atomic E-state index is 14.1. The summed E-state index contributed by atoms with van der Waals surface area (Å²) in [5, 5.41) is 9.93. The lowest BCUT2D eigenvalue weighted by atomic mass is 9.73. The maximum atomic E-state index is 14.1. The second kappa shape index (κ2) is 7.51. The van der Waals surface area contributed by atoms with E-state index in [0.717, 1.165) is 30.4 Å². The number of halogens is 1. The summed E-state index contributed by atoms with van der Waals surface area (Å²) in [5.41, 5.74) is 2.33. The van der Waals surface area contributed by atoms with Gasteiger partial charge in [0.25, 0.3) is 0 Å². The first-order valence-corrected chi connectivity index (χ1v) is 10.6. The molecule has 2 aromatic carbocycles. The summed E-state index contributed by atoms with van der Waals surface area (Å²) in [4.78, 5) is 28.9. The molecule has 2 saturated heterocycles. The quantitative estimate of drug-likeness (QED) is 0.846. The van der Waals surface area contributed by atoms with Crippen LogP contribution in [0.1, 0.15) is 30.7 Å². The molecule has 2 aliphatic heterocycles. The average molecular weight is 408 g/mol. The fourth-order valence-electron chi connectivity index (χ4n) is 5.16. The minimum atomic E-state index is -0.275. The van der Waals surface area contributed by atoms with Gasteiger partial charge in [0, 0.05) is 23.9 Å². The number of aliphatic hydroxyl groups is 1. The van der Waals surface area contributed by atoms with E-state index in [1.54, 1.807) is 28.0 Å². The van der Waals surface area contributed by atoms with Gasteiger partial charge in [-0.1, -0.05) is 48.9 Å². The van der Waals surface area contributed by atoms with Crippen molar-refractivity contribution in [3.8, 4) is 11.1 Å². The zero-order chi connectivity index (χ0) is 20.8. The highest BCUT2D eigenvalue weighted by molar-refractivity contribution is 5.89. The Labute approximate surface area is 175 Å². The molecule has 2 aromatic rings. The molecule has 1 aliphatic carbocycles. The van der Waals surface area contributed by atoms with Crippen molar-refractivity contribution in [2.24, 2.45) is 5.92 Å². The molecule has 1 N–H and O–H groups in total. The van der Waals surface area contributed by atoms with Crippen LogP contribution in [-0.4, -0.2) is 58.5 Å². The molecule has 5 rings (SSSR count). The number of carbonyl (C=O) groups excluding carboxylic acids is 2. The third-order valence-electron chi connectivity index (χ3n) is 7.00. The van der Waals surface area contributed by atoms with Crippen molar-refractivity contribution in [3.63, 3.8) is 0 Å². The van der Waals surface area contributed by atoms with Gasteiger partial charge in [0.05, 0.1) is 25.2 Å². The van der Waals surface area contributed by atoms with Crippen molar-refractivity contribution in [3.05, 3.63) is 59.9 Å². The summed E-state index contributed by atoms with van der Waals surface area (Å²) < 4.78 is 14.1. The zero-order valence-electron chi connectivity index (χ0n) is 16.7. The number of benzene rings is 2. The Hall–Kier alpha value is -2.73. The van der Waals surface area contributed by atoms with Crippen LogP contribution in [0.3, 0.4) is 0 Å². The number of rotatable bonds is 4. The van der Waals surface area contributed by atoms with E-state index in [9.17, 15) is 19.1 Å². The molecule has 0 spiro atoms. The van der Waals surface area contributed by atoms with Gasteiger partial charge in [0.2, 0.25) is 11.8 Å². The number of hydrogen-bond acceptors (Lipinski definition) is 3. The zero-order valence-corrected chi connectivity index (χ0v) is 16.7. The minimum absolute atomic E-state index is 0.0365. The summed E-state index contributed by atoms with van der Waals surface area (Å²) in [6.45, 7) is 0.511. The molecular formula is C24H25FN2O3. The number of carbonyl (C=O) groups is 2. The van der Waals surface area contributed by atoms with Crippen LogP contribution in [-0.2, 0) is 9.59 Å². The first-order valence-electron chi connectivity index (χ1n) is 10.6. The van der Waals surface area contributed by atoms with Gasteiger partial charge in [-0.25, -0.2) is 4.39 Å². The number of piperazine rings is 1. The summed E-state index contributed by atoms with van der Waals surface area (Å²) in [5.74, 6) is -0.231. The Bertz CT molecular complexity index is 973. The Morgan fingerprint density at radius 1 is 1.10 bits per heavy atom. The lowest BCUT2D eigenvalue weighted by Crippen LogP contribution is -2.73. The molecule has 1 saturated carbocycles. The van der Waals surface area contributed by atoms with Crippen molar-refractivity contribution in [2.45, 2.75) is 37.3 Å². The lowest BCUT2D eigenvalue weighted by molar-refractivity contribution is -0.169.